The van der Waals surface area contributed by atoms with E-state index in [2.05, 4.69) is 28.8 Å². The van der Waals surface area contributed by atoms with E-state index in [-0.39, 0.29) is 0 Å². The molecule has 0 unspecified atom stereocenters. The van der Waals surface area contributed by atoms with Gasteiger partial charge in [-0.15, -0.1) is 0 Å². The van der Waals surface area contributed by atoms with Crippen molar-refractivity contribution in [2.45, 2.75) is 19.8 Å². The molecule has 96 valence electrons. The van der Waals surface area contributed by atoms with Gasteiger partial charge in [0.1, 0.15) is 11.3 Å². The van der Waals surface area contributed by atoms with Gasteiger partial charge in [0.05, 0.1) is 10.7 Å². The van der Waals surface area contributed by atoms with E-state index in [1.807, 2.05) is 36.4 Å². The van der Waals surface area contributed by atoms with Gasteiger partial charge in [0, 0.05) is 11.5 Å². The summed E-state index contributed by atoms with van der Waals surface area (Å²) in [4.78, 5) is 12.3. The molecule has 0 aliphatic heterocycles. The van der Waals surface area contributed by atoms with Crippen LogP contribution in [0.25, 0.3) is 22.4 Å². The second kappa shape index (κ2) is 4.67. The van der Waals surface area contributed by atoms with Crippen LogP contribution < -0.4 is 0 Å². The molecule has 3 nitrogen and oxygen atoms in total. The van der Waals surface area contributed by atoms with Crippen molar-refractivity contribution >= 4 is 22.8 Å². The Bertz CT molecular complexity index is 717. The van der Waals surface area contributed by atoms with E-state index in [1.54, 1.807) is 0 Å². The molecule has 0 atom stereocenters. The lowest BCUT2D eigenvalue weighted by Crippen LogP contribution is -1.88. The molecule has 2 heterocycles. The van der Waals surface area contributed by atoms with Crippen LogP contribution in [0.3, 0.4) is 0 Å². The van der Waals surface area contributed by atoms with Gasteiger partial charge in [-0.25, -0.2) is 9.97 Å². The second-order valence-electron chi connectivity index (χ2n) is 4.83. The third-order valence-electron chi connectivity index (χ3n) is 3.05. The Kier molecular flexibility index (Phi) is 2.99. The fourth-order valence-electron chi connectivity index (χ4n) is 2.00. The molecule has 0 saturated heterocycles. The van der Waals surface area contributed by atoms with E-state index < -0.39 is 0 Å². The number of hydrogen-bond donors (Lipinski definition) is 1. The van der Waals surface area contributed by atoms with Crippen LogP contribution in [0, 0.1) is 0 Å². The molecule has 4 heteroatoms. The molecule has 1 N–H and O–H groups in total. The van der Waals surface area contributed by atoms with Gasteiger partial charge in [0.2, 0.25) is 0 Å². The van der Waals surface area contributed by atoms with Gasteiger partial charge in [-0.2, -0.15) is 0 Å². The fourth-order valence-corrected chi connectivity index (χ4v) is 2.23. The van der Waals surface area contributed by atoms with Crippen LogP contribution in [0.1, 0.15) is 25.6 Å². The number of aromatic nitrogens is 3. The van der Waals surface area contributed by atoms with E-state index >= 15 is 0 Å². The topological polar surface area (TPSA) is 41.6 Å². The lowest BCUT2D eigenvalue weighted by molar-refractivity contribution is 0.798. The maximum atomic E-state index is 6.32. The minimum Gasteiger partial charge on any atom is -0.339 e. The third kappa shape index (κ3) is 2.22. The molecule has 0 radical (unpaired) electrons. The summed E-state index contributed by atoms with van der Waals surface area (Å²) in [5.74, 6) is 1.24. The van der Waals surface area contributed by atoms with Crippen molar-refractivity contribution in [3.05, 3.63) is 47.2 Å². The third-order valence-corrected chi connectivity index (χ3v) is 3.35. The average Bonchev–Trinajstić information content (AvgIpc) is 2.84. The van der Waals surface area contributed by atoms with Gasteiger partial charge >= 0.3 is 0 Å². The number of pyridine rings is 1. The van der Waals surface area contributed by atoms with Crippen LogP contribution in [0.5, 0.6) is 0 Å². The summed E-state index contributed by atoms with van der Waals surface area (Å²) < 4.78 is 0. The molecule has 1 aromatic carbocycles. The van der Waals surface area contributed by atoms with E-state index in [4.69, 9.17) is 11.6 Å². The summed E-state index contributed by atoms with van der Waals surface area (Å²) in [6, 6.07) is 11.9. The number of nitrogens with one attached hydrogen (secondary N) is 1. The van der Waals surface area contributed by atoms with Crippen LogP contribution in [-0.2, 0) is 0 Å². The standard InChI is InChI=1S/C15H14ClN3/c1-9(2)14-18-13-11(16)8-12(17-15(13)19-14)10-6-4-3-5-7-10/h3-9H,1-2H3,(H,17,18,19). The number of aromatic amines is 1. The maximum absolute atomic E-state index is 6.32. The first kappa shape index (κ1) is 12.2. The molecular formula is C15H14ClN3. The van der Waals surface area contributed by atoms with Crippen LogP contribution in [0.2, 0.25) is 5.02 Å². The number of benzene rings is 1. The zero-order chi connectivity index (χ0) is 13.4. The van der Waals surface area contributed by atoms with Gasteiger partial charge in [-0.1, -0.05) is 55.8 Å². The highest BCUT2D eigenvalue weighted by atomic mass is 35.5. The zero-order valence-electron chi connectivity index (χ0n) is 10.8. The van der Waals surface area contributed by atoms with Gasteiger partial charge in [-0.05, 0) is 6.07 Å². The number of rotatable bonds is 2. The predicted molar refractivity (Wildman–Crippen MR) is 78.4 cm³/mol. The number of nitrogens with zero attached hydrogens (tertiary/aromatic N) is 2. The molecule has 0 aliphatic carbocycles. The summed E-state index contributed by atoms with van der Waals surface area (Å²) in [6.45, 7) is 4.17. The van der Waals surface area contributed by atoms with Crippen molar-refractivity contribution in [3.63, 3.8) is 0 Å². The van der Waals surface area contributed by atoms with E-state index in [0.717, 1.165) is 22.6 Å². The van der Waals surface area contributed by atoms with Gasteiger partial charge in [0.25, 0.3) is 0 Å². The Labute approximate surface area is 116 Å². The second-order valence-corrected chi connectivity index (χ2v) is 5.24. The molecule has 3 rings (SSSR count). The molecule has 0 amide bonds. The highest BCUT2D eigenvalue weighted by molar-refractivity contribution is 6.35. The van der Waals surface area contributed by atoms with Crippen LogP contribution in [0.4, 0.5) is 0 Å². The minimum absolute atomic E-state index is 0.324. The van der Waals surface area contributed by atoms with Crippen LogP contribution >= 0.6 is 11.6 Å². The SMILES string of the molecule is CC(C)c1nc2nc(-c3ccccc3)cc(Cl)c2[nH]1. The minimum atomic E-state index is 0.324. The Morgan fingerprint density at radius 3 is 2.53 bits per heavy atom. The first-order chi connectivity index (χ1) is 9.15. The zero-order valence-corrected chi connectivity index (χ0v) is 11.6. The molecular weight excluding hydrogens is 258 g/mol. The molecule has 19 heavy (non-hydrogen) atoms. The summed E-state index contributed by atoms with van der Waals surface area (Å²) in [5.41, 5.74) is 3.38. The van der Waals surface area contributed by atoms with E-state index in [0.29, 0.717) is 16.6 Å². The highest BCUT2D eigenvalue weighted by Crippen LogP contribution is 2.27. The largest absolute Gasteiger partial charge is 0.339 e. The predicted octanol–water partition coefficient (Wildman–Crippen LogP) is 4.40. The first-order valence-electron chi connectivity index (χ1n) is 6.26. The Morgan fingerprint density at radius 2 is 1.84 bits per heavy atom. The lowest BCUT2D eigenvalue weighted by atomic mass is 10.1. The average molecular weight is 272 g/mol. The van der Waals surface area contributed by atoms with Crippen molar-refractivity contribution in [1.29, 1.82) is 0 Å². The molecule has 0 spiro atoms. The summed E-state index contributed by atoms with van der Waals surface area (Å²) >= 11 is 6.32. The first-order valence-corrected chi connectivity index (χ1v) is 6.64. The van der Waals surface area contributed by atoms with Crippen molar-refractivity contribution in [2.24, 2.45) is 0 Å². The number of fused-ring (bicyclic) bond motifs is 1. The van der Waals surface area contributed by atoms with Crippen LogP contribution in [0.15, 0.2) is 36.4 Å². The summed E-state index contributed by atoms with van der Waals surface area (Å²) in [5, 5.41) is 0.656. The summed E-state index contributed by atoms with van der Waals surface area (Å²) in [7, 11) is 0. The Hall–Kier alpha value is -1.87. The van der Waals surface area contributed by atoms with Gasteiger partial charge in [0.15, 0.2) is 5.65 Å². The molecule has 0 aliphatic rings. The fraction of sp³-hybridized carbons (Fsp3) is 0.200. The van der Waals surface area contributed by atoms with Crippen molar-refractivity contribution in [3.8, 4) is 11.3 Å². The van der Waals surface area contributed by atoms with E-state index in [1.165, 1.54) is 0 Å². The van der Waals surface area contributed by atoms with E-state index in [9.17, 15) is 0 Å². The Morgan fingerprint density at radius 1 is 1.11 bits per heavy atom. The normalized spacial score (nSPS) is 11.4. The Balaban J connectivity index is 2.19. The quantitative estimate of drug-likeness (QED) is 0.750. The molecule has 2 aromatic heterocycles. The number of halogens is 1. The number of imidazole rings is 1. The lowest BCUT2D eigenvalue weighted by Gasteiger charge is -2.01. The molecule has 0 fully saturated rings. The number of hydrogen-bond acceptors (Lipinski definition) is 2. The molecule has 0 saturated carbocycles. The monoisotopic (exact) mass is 271 g/mol. The molecule has 0 bridgehead atoms. The van der Waals surface area contributed by atoms with Crippen molar-refractivity contribution in [1.82, 2.24) is 15.0 Å². The molecule has 3 aromatic rings. The van der Waals surface area contributed by atoms with Crippen molar-refractivity contribution < 1.29 is 0 Å². The smallest absolute Gasteiger partial charge is 0.179 e. The van der Waals surface area contributed by atoms with Crippen LogP contribution in [-0.4, -0.2) is 15.0 Å². The van der Waals surface area contributed by atoms with Gasteiger partial charge in [-0.3, -0.25) is 0 Å². The van der Waals surface area contributed by atoms with Crippen molar-refractivity contribution in [2.75, 3.05) is 0 Å². The van der Waals surface area contributed by atoms with Gasteiger partial charge < -0.3 is 4.98 Å². The highest BCUT2D eigenvalue weighted by Gasteiger charge is 2.12. The maximum Gasteiger partial charge on any atom is 0.179 e. The number of H-pyrrole nitrogens is 1. The summed E-state index contributed by atoms with van der Waals surface area (Å²) in [6.07, 6.45) is 0.